The topological polar surface area (TPSA) is 21.3 Å². The standard InChI is InChI=1S/C18H37NO/c1-7-8-9-10-11-12-13-16(19-6)15-14-17(2,3)20-18(15,4)5/h15-16,19H,7-14H2,1-6H3. The number of hydrogen-bond acceptors (Lipinski definition) is 2. The minimum absolute atomic E-state index is 0.000608. The van der Waals surface area contributed by atoms with Crippen LogP contribution >= 0.6 is 0 Å². The molecule has 0 spiro atoms. The van der Waals surface area contributed by atoms with Crippen LogP contribution in [0, 0.1) is 5.92 Å². The van der Waals surface area contributed by atoms with E-state index >= 15 is 0 Å². The molecule has 0 aromatic rings. The van der Waals surface area contributed by atoms with E-state index in [0.29, 0.717) is 12.0 Å². The first-order valence-corrected chi connectivity index (χ1v) is 8.70. The van der Waals surface area contributed by atoms with Crippen molar-refractivity contribution < 1.29 is 4.74 Å². The Kier molecular flexibility index (Phi) is 7.00. The van der Waals surface area contributed by atoms with Crippen LogP contribution in [0.2, 0.25) is 0 Å². The van der Waals surface area contributed by atoms with E-state index in [0.717, 1.165) is 0 Å². The van der Waals surface area contributed by atoms with Gasteiger partial charge in [0.15, 0.2) is 0 Å². The van der Waals surface area contributed by atoms with Crippen molar-refractivity contribution in [3.63, 3.8) is 0 Å². The van der Waals surface area contributed by atoms with Crippen molar-refractivity contribution in [3.8, 4) is 0 Å². The number of unbranched alkanes of at least 4 members (excludes halogenated alkanes) is 5. The van der Waals surface area contributed by atoms with Crippen molar-refractivity contribution in [1.82, 2.24) is 5.32 Å². The fraction of sp³-hybridized carbons (Fsp3) is 1.00. The zero-order valence-electron chi connectivity index (χ0n) is 14.7. The molecule has 1 saturated heterocycles. The Morgan fingerprint density at radius 1 is 1.05 bits per heavy atom. The summed E-state index contributed by atoms with van der Waals surface area (Å²) in [6.07, 6.45) is 10.7. The molecule has 1 aliphatic rings. The summed E-state index contributed by atoms with van der Waals surface area (Å²) in [7, 11) is 2.11. The molecule has 0 aromatic carbocycles. The van der Waals surface area contributed by atoms with E-state index in [4.69, 9.17) is 4.74 Å². The lowest BCUT2D eigenvalue weighted by atomic mass is 9.80. The van der Waals surface area contributed by atoms with Crippen LogP contribution in [0.25, 0.3) is 0 Å². The van der Waals surface area contributed by atoms with Crippen LogP contribution in [-0.4, -0.2) is 24.3 Å². The molecule has 0 aliphatic carbocycles. The maximum atomic E-state index is 6.25. The van der Waals surface area contributed by atoms with Crippen LogP contribution in [0.1, 0.15) is 86.0 Å². The van der Waals surface area contributed by atoms with Crippen LogP contribution < -0.4 is 5.32 Å². The second-order valence-electron chi connectivity index (χ2n) is 7.73. The van der Waals surface area contributed by atoms with Crippen LogP contribution in [0.4, 0.5) is 0 Å². The lowest BCUT2D eigenvalue weighted by molar-refractivity contribution is -0.0777. The van der Waals surface area contributed by atoms with Gasteiger partial charge in [0.1, 0.15) is 0 Å². The first kappa shape index (κ1) is 18.0. The Balaban J connectivity index is 2.38. The molecule has 2 unspecified atom stereocenters. The minimum Gasteiger partial charge on any atom is -0.369 e. The molecule has 0 radical (unpaired) electrons. The Morgan fingerprint density at radius 2 is 1.65 bits per heavy atom. The zero-order chi connectivity index (χ0) is 15.2. The van der Waals surface area contributed by atoms with Crippen LogP contribution in [0.15, 0.2) is 0 Å². The predicted octanol–water partition coefficient (Wildman–Crippen LogP) is 4.92. The van der Waals surface area contributed by atoms with Crippen molar-refractivity contribution in [2.75, 3.05) is 7.05 Å². The van der Waals surface area contributed by atoms with Crippen molar-refractivity contribution in [3.05, 3.63) is 0 Å². The highest BCUT2D eigenvalue weighted by molar-refractivity contribution is 4.99. The van der Waals surface area contributed by atoms with Crippen LogP contribution in [-0.2, 0) is 4.74 Å². The highest BCUT2D eigenvalue weighted by Crippen LogP contribution is 2.44. The summed E-state index contributed by atoms with van der Waals surface area (Å²) in [6.45, 7) is 11.3. The lowest BCUT2D eigenvalue weighted by Gasteiger charge is -2.33. The molecule has 1 fully saturated rings. The smallest absolute Gasteiger partial charge is 0.0677 e. The molecule has 2 atom stereocenters. The number of hydrogen-bond donors (Lipinski definition) is 1. The lowest BCUT2D eigenvalue weighted by Crippen LogP contribution is -2.42. The maximum Gasteiger partial charge on any atom is 0.0677 e. The average molecular weight is 284 g/mol. The van der Waals surface area contributed by atoms with E-state index in [1.807, 2.05) is 0 Å². The second kappa shape index (κ2) is 7.79. The monoisotopic (exact) mass is 283 g/mol. The molecule has 1 N–H and O–H groups in total. The fourth-order valence-corrected chi connectivity index (χ4v) is 3.92. The third kappa shape index (κ3) is 5.37. The van der Waals surface area contributed by atoms with Gasteiger partial charge in [-0.1, -0.05) is 45.4 Å². The molecule has 0 amide bonds. The van der Waals surface area contributed by atoms with Gasteiger partial charge in [0.2, 0.25) is 0 Å². The molecule has 0 bridgehead atoms. The van der Waals surface area contributed by atoms with E-state index in [-0.39, 0.29) is 11.2 Å². The van der Waals surface area contributed by atoms with E-state index in [1.54, 1.807) is 0 Å². The summed E-state index contributed by atoms with van der Waals surface area (Å²) >= 11 is 0. The molecule has 0 aromatic heterocycles. The maximum absolute atomic E-state index is 6.25. The quantitative estimate of drug-likeness (QED) is 0.606. The summed E-state index contributed by atoms with van der Waals surface area (Å²) in [5, 5.41) is 3.56. The van der Waals surface area contributed by atoms with Crippen LogP contribution in [0.3, 0.4) is 0 Å². The molecule has 1 aliphatic heterocycles. The molecule has 2 nitrogen and oxygen atoms in total. The molecule has 120 valence electrons. The molecular weight excluding hydrogens is 246 g/mol. The van der Waals surface area contributed by atoms with Crippen molar-refractivity contribution in [2.24, 2.45) is 5.92 Å². The Hall–Kier alpha value is -0.0800. The van der Waals surface area contributed by atoms with E-state index in [2.05, 4.69) is 47.0 Å². The SMILES string of the molecule is CCCCCCCCC(NC)C1CC(C)(C)OC1(C)C. The van der Waals surface area contributed by atoms with E-state index < -0.39 is 0 Å². The first-order chi connectivity index (χ1) is 9.32. The molecular formula is C18H37NO. The Morgan fingerprint density at radius 3 is 2.15 bits per heavy atom. The number of rotatable bonds is 9. The van der Waals surface area contributed by atoms with Gasteiger partial charge in [0, 0.05) is 12.0 Å². The summed E-state index contributed by atoms with van der Waals surface area (Å²) < 4.78 is 6.25. The van der Waals surface area contributed by atoms with Crippen molar-refractivity contribution in [2.45, 2.75) is 103 Å². The number of ether oxygens (including phenoxy) is 1. The molecule has 0 saturated carbocycles. The average Bonchev–Trinajstić information content (AvgIpc) is 2.57. The van der Waals surface area contributed by atoms with E-state index in [9.17, 15) is 0 Å². The van der Waals surface area contributed by atoms with E-state index in [1.165, 1.54) is 51.4 Å². The largest absolute Gasteiger partial charge is 0.369 e. The summed E-state index contributed by atoms with van der Waals surface area (Å²) in [6, 6.07) is 0.595. The Bertz CT molecular complexity index is 273. The highest BCUT2D eigenvalue weighted by Gasteiger charge is 2.48. The molecule has 20 heavy (non-hydrogen) atoms. The van der Waals surface area contributed by atoms with Gasteiger partial charge in [-0.3, -0.25) is 0 Å². The van der Waals surface area contributed by atoms with Gasteiger partial charge in [0.05, 0.1) is 11.2 Å². The van der Waals surface area contributed by atoms with Crippen molar-refractivity contribution in [1.29, 1.82) is 0 Å². The highest BCUT2D eigenvalue weighted by atomic mass is 16.5. The fourth-order valence-electron chi connectivity index (χ4n) is 3.92. The molecule has 2 heteroatoms. The Labute approximate surface area is 127 Å². The summed E-state index contributed by atoms with van der Waals surface area (Å²) in [4.78, 5) is 0. The third-order valence-corrected chi connectivity index (χ3v) is 4.87. The van der Waals surface area contributed by atoms with Gasteiger partial charge in [0.25, 0.3) is 0 Å². The summed E-state index contributed by atoms with van der Waals surface area (Å²) in [5.41, 5.74) is 0.0315. The molecule has 1 heterocycles. The van der Waals surface area contributed by atoms with Gasteiger partial charge in [-0.25, -0.2) is 0 Å². The molecule has 1 rings (SSSR count). The minimum atomic E-state index is -0.000608. The normalized spacial score (nSPS) is 25.8. The van der Waals surface area contributed by atoms with Gasteiger partial charge >= 0.3 is 0 Å². The van der Waals surface area contributed by atoms with Crippen LogP contribution in [0.5, 0.6) is 0 Å². The van der Waals surface area contributed by atoms with Crippen molar-refractivity contribution >= 4 is 0 Å². The summed E-state index contributed by atoms with van der Waals surface area (Å²) in [5.74, 6) is 0.623. The number of nitrogens with one attached hydrogen (secondary N) is 1. The predicted molar refractivity (Wildman–Crippen MR) is 88.2 cm³/mol. The third-order valence-electron chi connectivity index (χ3n) is 4.87. The zero-order valence-corrected chi connectivity index (χ0v) is 14.7. The van der Waals surface area contributed by atoms with Gasteiger partial charge in [-0.2, -0.15) is 0 Å². The second-order valence-corrected chi connectivity index (χ2v) is 7.73. The first-order valence-electron chi connectivity index (χ1n) is 8.70. The van der Waals surface area contributed by atoms with Gasteiger partial charge in [-0.15, -0.1) is 0 Å². The van der Waals surface area contributed by atoms with Gasteiger partial charge < -0.3 is 10.1 Å². The van der Waals surface area contributed by atoms with Gasteiger partial charge in [-0.05, 0) is 47.6 Å².